The fourth-order valence-electron chi connectivity index (χ4n) is 1.66. The van der Waals surface area contributed by atoms with E-state index in [1.807, 2.05) is 0 Å². The van der Waals surface area contributed by atoms with Crippen molar-refractivity contribution in [2.45, 2.75) is 11.1 Å². The summed E-state index contributed by atoms with van der Waals surface area (Å²) in [4.78, 5) is 10.3. The normalized spacial score (nSPS) is 11.3. The minimum absolute atomic E-state index is 0.0148. The number of hydrogen-bond donors (Lipinski definition) is 0. The molecular weight excluding hydrogens is 378 g/mol. The van der Waals surface area contributed by atoms with Crippen molar-refractivity contribution in [3.05, 3.63) is 57.1 Å². The van der Waals surface area contributed by atoms with E-state index in [1.165, 1.54) is 18.2 Å². The van der Waals surface area contributed by atoms with E-state index in [0.717, 1.165) is 18.2 Å². The maximum Gasteiger partial charge on any atom is 0.416 e. The van der Waals surface area contributed by atoms with Gasteiger partial charge < -0.3 is 4.74 Å². The first-order valence-electron chi connectivity index (χ1n) is 5.84. The molecular formula is C13H6Cl2F3NO3S. The Morgan fingerprint density at radius 2 is 1.87 bits per heavy atom. The van der Waals surface area contributed by atoms with Crippen LogP contribution in [0.4, 0.5) is 18.9 Å². The van der Waals surface area contributed by atoms with E-state index < -0.39 is 16.7 Å². The molecule has 0 bridgehead atoms. The van der Waals surface area contributed by atoms with Gasteiger partial charge in [-0.2, -0.15) is 13.2 Å². The Labute approximate surface area is 141 Å². The van der Waals surface area contributed by atoms with Crippen LogP contribution < -0.4 is 4.74 Å². The van der Waals surface area contributed by atoms with E-state index in [-0.39, 0.29) is 27.1 Å². The van der Waals surface area contributed by atoms with Gasteiger partial charge in [-0.1, -0.05) is 11.6 Å². The van der Waals surface area contributed by atoms with E-state index >= 15 is 0 Å². The molecule has 2 rings (SSSR count). The molecule has 23 heavy (non-hydrogen) atoms. The number of ether oxygens (including phenoxy) is 1. The summed E-state index contributed by atoms with van der Waals surface area (Å²) in [5, 5.41) is 10.6. The van der Waals surface area contributed by atoms with Gasteiger partial charge in [0.1, 0.15) is 16.4 Å². The van der Waals surface area contributed by atoms with Crippen molar-refractivity contribution in [2.24, 2.45) is 0 Å². The zero-order valence-corrected chi connectivity index (χ0v) is 13.3. The number of nitrogens with zero attached hydrogens (tertiary/aromatic N) is 1. The highest BCUT2D eigenvalue weighted by Crippen LogP contribution is 2.39. The third kappa shape index (κ3) is 4.21. The molecule has 10 heteroatoms. The predicted octanol–water partition coefficient (Wildman–Crippen LogP) is 6.31. The Bertz CT molecular complexity index is 756. The molecule has 2 aromatic rings. The summed E-state index contributed by atoms with van der Waals surface area (Å²) in [5.41, 5.74) is -1.12. The van der Waals surface area contributed by atoms with Gasteiger partial charge in [-0.05, 0) is 45.9 Å². The summed E-state index contributed by atoms with van der Waals surface area (Å²) in [6.07, 6.45) is -4.52. The Hall–Kier alpha value is -1.64. The minimum Gasteiger partial charge on any atom is -0.456 e. The van der Waals surface area contributed by atoms with E-state index in [1.54, 1.807) is 0 Å². The first-order valence-corrected chi connectivity index (χ1v) is 7.86. The van der Waals surface area contributed by atoms with Crippen molar-refractivity contribution in [1.29, 1.82) is 0 Å². The molecule has 0 aliphatic heterocycles. The Kier molecular flexibility index (Phi) is 5.28. The number of hydrogen-bond acceptors (Lipinski definition) is 4. The van der Waals surface area contributed by atoms with Gasteiger partial charge in [0.15, 0.2) is 0 Å². The Morgan fingerprint density at radius 3 is 2.39 bits per heavy atom. The minimum atomic E-state index is -4.52. The lowest BCUT2D eigenvalue weighted by molar-refractivity contribution is -0.387. The lowest BCUT2D eigenvalue weighted by Crippen LogP contribution is -2.04. The maximum absolute atomic E-state index is 12.6. The second-order valence-electron chi connectivity index (χ2n) is 4.21. The molecule has 0 atom stereocenters. The van der Waals surface area contributed by atoms with Crippen LogP contribution >= 0.6 is 33.3 Å². The lowest BCUT2D eigenvalue weighted by atomic mass is 10.2. The van der Waals surface area contributed by atoms with Crippen LogP contribution in [0.25, 0.3) is 0 Å². The van der Waals surface area contributed by atoms with Crippen LogP contribution in [0.15, 0.2) is 41.3 Å². The highest BCUT2D eigenvalue weighted by atomic mass is 35.7. The van der Waals surface area contributed by atoms with Crippen molar-refractivity contribution in [1.82, 2.24) is 0 Å². The Balaban J connectivity index is 2.31. The highest BCUT2D eigenvalue weighted by molar-refractivity contribution is 8.21. The van der Waals surface area contributed by atoms with Crippen LogP contribution in [0, 0.1) is 10.1 Å². The van der Waals surface area contributed by atoms with Crippen LogP contribution in [-0.2, 0) is 6.18 Å². The van der Waals surface area contributed by atoms with Crippen LogP contribution in [0.3, 0.4) is 0 Å². The van der Waals surface area contributed by atoms with Gasteiger partial charge in [0, 0.05) is 12.1 Å². The zero-order chi connectivity index (χ0) is 17.2. The van der Waals surface area contributed by atoms with Gasteiger partial charge in [-0.3, -0.25) is 10.1 Å². The summed E-state index contributed by atoms with van der Waals surface area (Å²) in [6.45, 7) is 0. The average molecular weight is 384 g/mol. The summed E-state index contributed by atoms with van der Waals surface area (Å²) in [6, 6.07) is 6.40. The quantitative estimate of drug-likeness (QED) is 0.458. The highest BCUT2D eigenvalue weighted by Gasteiger charge is 2.31. The monoisotopic (exact) mass is 383 g/mol. The van der Waals surface area contributed by atoms with Crippen molar-refractivity contribution in [3.8, 4) is 11.5 Å². The van der Waals surface area contributed by atoms with Crippen LogP contribution in [-0.4, -0.2) is 4.92 Å². The Morgan fingerprint density at radius 1 is 1.17 bits per heavy atom. The summed E-state index contributed by atoms with van der Waals surface area (Å²) < 4.78 is 43.1. The van der Waals surface area contributed by atoms with E-state index in [4.69, 9.17) is 27.0 Å². The summed E-state index contributed by atoms with van der Waals surface area (Å²) in [5.74, 6) is 0.138. The van der Waals surface area contributed by atoms with Crippen LogP contribution in [0.5, 0.6) is 11.5 Å². The van der Waals surface area contributed by atoms with Gasteiger partial charge in [-0.15, -0.1) is 0 Å². The number of halogens is 5. The molecule has 2 aromatic carbocycles. The van der Waals surface area contributed by atoms with Gasteiger partial charge in [0.05, 0.1) is 15.5 Å². The smallest absolute Gasteiger partial charge is 0.416 e. The molecule has 0 aliphatic rings. The molecule has 0 unspecified atom stereocenters. The van der Waals surface area contributed by atoms with Crippen molar-refractivity contribution >= 4 is 38.9 Å². The zero-order valence-electron chi connectivity index (χ0n) is 10.9. The molecule has 122 valence electrons. The van der Waals surface area contributed by atoms with E-state index in [0.29, 0.717) is 11.0 Å². The fraction of sp³-hybridized carbons (Fsp3) is 0.0769. The molecule has 0 aliphatic carbocycles. The number of alkyl halides is 3. The molecule has 0 aromatic heterocycles. The molecule has 0 N–H and O–H groups in total. The van der Waals surface area contributed by atoms with Crippen molar-refractivity contribution in [2.75, 3.05) is 0 Å². The first kappa shape index (κ1) is 17.7. The van der Waals surface area contributed by atoms with Gasteiger partial charge in [0.2, 0.25) is 0 Å². The van der Waals surface area contributed by atoms with Crippen molar-refractivity contribution < 1.29 is 22.8 Å². The van der Waals surface area contributed by atoms with Crippen LogP contribution in [0.1, 0.15) is 5.56 Å². The van der Waals surface area contributed by atoms with E-state index in [9.17, 15) is 23.3 Å². The van der Waals surface area contributed by atoms with Gasteiger partial charge in [-0.25, -0.2) is 0 Å². The third-order valence-corrected chi connectivity index (χ3v) is 3.99. The number of nitro benzene ring substituents is 1. The predicted molar refractivity (Wildman–Crippen MR) is 81.3 cm³/mol. The first-order chi connectivity index (χ1) is 10.7. The average Bonchev–Trinajstić information content (AvgIpc) is 2.47. The molecule has 0 radical (unpaired) electrons. The molecule has 0 heterocycles. The maximum atomic E-state index is 12.6. The summed E-state index contributed by atoms with van der Waals surface area (Å²) >= 11 is 5.78. The largest absolute Gasteiger partial charge is 0.456 e. The molecule has 4 nitrogen and oxygen atoms in total. The molecule has 0 fully saturated rings. The fourth-order valence-corrected chi connectivity index (χ4v) is 2.63. The SMILES string of the molecule is O=[N+]([O-])c1ccc(Oc2ccc(C(F)(F)F)cc2Cl)cc1SCl. The third-order valence-electron chi connectivity index (χ3n) is 2.70. The summed E-state index contributed by atoms with van der Waals surface area (Å²) in [7, 11) is 6.19. The second-order valence-corrected chi connectivity index (χ2v) is 5.67. The number of rotatable bonds is 4. The lowest BCUT2D eigenvalue weighted by Gasteiger charge is -2.11. The number of nitro groups is 1. The van der Waals surface area contributed by atoms with Crippen molar-refractivity contribution in [3.63, 3.8) is 0 Å². The molecule has 0 saturated heterocycles. The second kappa shape index (κ2) is 6.86. The van der Waals surface area contributed by atoms with Gasteiger partial charge >= 0.3 is 6.18 Å². The molecule has 0 saturated carbocycles. The molecule has 0 spiro atoms. The standard InChI is InChI=1S/C13H6Cl2F3NO3S/c14-9-5-7(13(16,17)18)1-4-11(9)22-8-2-3-10(19(20)21)12(6-8)23-15/h1-6H. The topological polar surface area (TPSA) is 52.4 Å². The van der Waals surface area contributed by atoms with Gasteiger partial charge in [0.25, 0.3) is 5.69 Å². The van der Waals surface area contributed by atoms with Crippen LogP contribution in [0.2, 0.25) is 5.02 Å². The van der Waals surface area contributed by atoms with E-state index in [2.05, 4.69) is 0 Å². The number of benzene rings is 2. The molecule has 0 amide bonds.